The van der Waals surface area contributed by atoms with E-state index in [1.54, 1.807) is 30.3 Å². The minimum absolute atomic E-state index is 0.125. The summed E-state index contributed by atoms with van der Waals surface area (Å²) >= 11 is 17.3. The van der Waals surface area contributed by atoms with E-state index in [4.69, 9.17) is 39.8 Å². The van der Waals surface area contributed by atoms with Crippen molar-refractivity contribution in [1.82, 2.24) is 10.6 Å². The largest absolute Gasteiger partial charge is 0.451 e. The van der Waals surface area contributed by atoms with E-state index >= 15 is 0 Å². The first-order valence-electron chi connectivity index (χ1n) is 7.71. The first-order valence-corrected chi connectivity index (χ1v) is 8.88. The summed E-state index contributed by atoms with van der Waals surface area (Å²) in [5.41, 5.74) is 1.67. The quantitative estimate of drug-likeness (QED) is 0.596. The predicted molar refractivity (Wildman–Crippen MR) is 108 cm³/mol. The summed E-state index contributed by atoms with van der Waals surface area (Å²) in [6.07, 6.45) is 0. The van der Waals surface area contributed by atoms with E-state index in [0.717, 1.165) is 5.56 Å². The van der Waals surface area contributed by atoms with Gasteiger partial charge in [-0.1, -0.05) is 53.5 Å². The van der Waals surface area contributed by atoms with Crippen LogP contribution in [0.25, 0.3) is 11.3 Å². The molecule has 1 aromatic heterocycles. The van der Waals surface area contributed by atoms with Crippen molar-refractivity contribution in [3.8, 4) is 11.3 Å². The second-order valence-electron chi connectivity index (χ2n) is 5.41. The number of carbonyl (C=O) groups is 1. The maximum atomic E-state index is 12.3. The number of rotatable bonds is 4. The molecule has 1 amide bonds. The Hall–Kier alpha value is -2.34. The molecule has 7 heteroatoms. The molecule has 0 atom stereocenters. The summed E-state index contributed by atoms with van der Waals surface area (Å²) in [7, 11) is 0. The summed E-state index contributed by atoms with van der Waals surface area (Å²) in [4.78, 5) is 12.3. The van der Waals surface area contributed by atoms with Gasteiger partial charge in [0.15, 0.2) is 10.9 Å². The van der Waals surface area contributed by atoms with E-state index in [0.29, 0.717) is 27.9 Å². The van der Waals surface area contributed by atoms with Crippen LogP contribution in [0.3, 0.4) is 0 Å². The Labute approximate surface area is 166 Å². The Morgan fingerprint density at radius 2 is 1.81 bits per heavy atom. The third kappa shape index (κ3) is 4.64. The Kier molecular flexibility index (Phi) is 5.93. The number of carbonyl (C=O) groups excluding carboxylic acids is 1. The number of thiocarbonyl (C=S) groups is 1. The molecule has 0 aliphatic carbocycles. The molecule has 4 nitrogen and oxygen atoms in total. The Morgan fingerprint density at radius 1 is 1.04 bits per heavy atom. The van der Waals surface area contributed by atoms with Gasteiger partial charge < -0.3 is 9.73 Å². The Morgan fingerprint density at radius 3 is 2.58 bits per heavy atom. The average Bonchev–Trinajstić information content (AvgIpc) is 3.13. The van der Waals surface area contributed by atoms with Crippen LogP contribution in [-0.4, -0.2) is 11.0 Å². The van der Waals surface area contributed by atoms with Crippen molar-refractivity contribution in [2.45, 2.75) is 6.54 Å². The lowest BCUT2D eigenvalue weighted by Crippen LogP contribution is -2.38. The molecule has 0 unspecified atom stereocenters. The van der Waals surface area contributed by atoms with Gasteiger partial charge in [-0.15, -0.1) is 0 Å². The van der Waals surface area contributed by atoms with Gasteiger partial charge in [0, 0.05) is 17.1 Å². The highest BCUT2D eigenvalue weighted by Crippen LogP contribution is 2.31. The molecule has 0 aliphatic heterocycles. The van der Waals surface area contributed by atoms with E-state index in [-0.39, 0.29) is 10.9 Å². The fourth-order valence-electron chi connectivity index (χ4n) is 2.28. The molecule has 0 spiro atoms. The van der Waals surface area contributed by atoms with Gasteiger partial charge >= 0.3 is 0 Å². The molecule has 26 heavy (non-hydrogen) atoms. The van der Waals surface area contributed by atoms with Crippen molar-refractivity contribution in [3.05, 3.63) is 82.0 Å². The molecule has 132 valence electrons. The van der Waals surface area contributed by atoms with Crippen molar-refractivity contribution in [1.29, 1.82) is 0 Å². The summed E-state index contributed by atoms with van der Waals surface area (Å²) in [6, 6.07) is 18.0. The SMILES string of the molecule is O=C(NC(=S)NCc1ccccc1)c1ccc(-c2cc(Cl)ccc2Cl)o1. The normalized spacial score (nSPS) is 10.4. The Bertz CT molecular complexity index is 942. The van der Waals surface area contributed by atoms with Gasteiger partial charge in [0.2, 0.25) is 0 Å². The molecular formula is C19H14Cl2N2O2S. The fraction of sp³-hybridized carbons (Fsp3) is 0.0526. The zero-order valence-electron chi connectivity index (χ0n) is 13.5. The van der Waals surface area contributed by atoms with Crippen molar-refractivity contribution in [3.63, 3.8) is 0 Å². The highest BCUT2D eigenvalue weighted by molar-refractivity contribution is 7.80. The van der Waals surface area contributed by atoms with Crippen molar-refractivity contribution >= 4 is 46.4 Å². The van der Waals surface area contributed by atoms with Gasteiger partial charge in [0.05, 0.1) is 5.02 Å². The van der Waals surface area contributed by atoms with Gasteiger partial charge in [0.25, 0.3) is 5.91 Å². The van der Waals surface area contributed by atoms with E-state index in [2.05, 4.69) is 10.6 Å². The van der Waals surface area contributed by atoms with Gasteiger partial charge in [-0.2, -0.15) is 0 Å². The maximum Gasteiger partial charge on any atom is 0.293 e. The first kappa shape index (κ1) is 18.5. The number of hydrogen-bond donors (Lipinski definition) is 2. The van der Waals surface area contributed by atoms with Gasteiger partial charge in [0.1, 0.15) is 5.76 Å². The lowest BCUT2D eigenvalue weighted by atomic mass is 10.2. The molecule has 2 N–H and O–H groups in total. The van der Waals surface area contributed by atoms with Crippen LogP contribution in [-0.2, 0) is 6.54 Å². The molecular weight excluding hydrogens is 391 g/mol. The van der Waals surface area contributed by atoms with Crippen molar-refractivity contribution in [2.24, 2.45) is 0 Å². The minimum Gasteiger partial charge on any atom is -0.451 e. The zero-order chi connectivity index (χ0) is 18.5. The van der Waals surface area contributed by atoms with E-state index in [1.807, 2.05) is 30.3 Å². The number of furan rings is 1. The second-order valence-corrected chi connectivity index (χ2v) is 6.66. The summed E-state index contributed by atoms with van der Waals surface area (Å²) in [5, 5.41) is 6.79. The molecule has 3 aromatic rings. The number of benzene rings is 2. The lowest BCUT2D eigenvalue weighted by molar-refractivity contribution is 0.0950. The number of amides is 1. The van der Waals surface area contributed by atoms with Gasteiger partial charge in [-0.3, -0.25) is 10.1 Å². The molecule has 0 saturated heterocycles. The summed E-state index contributed by atoms with van der Waals surface area (Å²) < 4.78 is 5.59. The van der Waals surface area contributed by atoms with E-state index in [9.17, 15) is 4.79 Å². The van der Waals surface area contributed by atoms with Crippen LogP contribution in [0.4, 0.5) is 0 Å². The lowest BCUT2D eigenvalue weighted by Gasteiger charge is -2.08. The summed E-state index contributed by atoms with van der Waals surface area (Å²) in [6.45, 7) is 0.515. The van der Waals surface area contributed by atoms with Crippen LogP contribution in [0.2, 0.25) is 10.0 Å². The number of halogens is 2. The third-order valence-corrected chi connectivity index (χ3v) is 4.36. The van der Waals surface area contributed by atoms with Crippen molar-refractivity contribution in [2.75, 3.05) is 0 Å². The van der Waals surface area contributed by atoms with Gasteiger partial charge in [-0.25, -0.2) is 0 Å². The highest BCUT2D eigenvalue weighted by atomic mass is 35.5. The fourth-order valence-corrected chi connectivity index (χ4v) is 2.83. The molecule has 2 aromatic carbocycles. The molecule has 0 fully saturated rings. The van der Waals surface area contributed by atoms with E-state index in [1.165, 1.54) is 0 Å². The second kappa shape index (κ2) is 8.36. The minimum atomic E-state index is -0.444. The standard InChI is InChI=1S/C19H14Cl2N2O2S/c20-13-6-7-15(21)14(10-13)16-8-9-17(25-16)18(24)23-19(26)22-11-12-4-2-1-3-5-12/h1-10H,11H2,(H2,22,23,24,26). The third-order valence-electron chi connectivity index (χ3n) is 3.55. The van der Waals surface area contributed by atoms with Crippen LogP contribution < -0.4 is 10.6 Å². The van der Waals surface area contributed by atoms with Crippen LogP contribution in [0.15, 0.2) is 65.1 Å². The molecule has 0 aliphatic rings. The topological polar surface area (TPSA) is 54.3 Å². The van der Waals surface area contributed by atoms with Crippen LogP contribution in [0, 0.1) is 0 Å². The molecule has 1 heterocycles. The van der Waals surface area contributed by atoms with Crippen LogP contribution >= 0.6 is 35.4 Å². The average molecular weight is 405 g/mol. The number of nitrogens with one attached hydrogen (secondary N) is 2. The Balaban J connectivity index is 1.63. The molecule has 0 radical (unpaired) electrons. The monoisotopic (exact) mass is 404 g/mol. The van der Waals surface area contributed by atoms with Crippen molar-refractivity contribution < 1.29 is 9.21 Å². The molecule has 0 saturated carbocycles. The molecule has 3 rings (SSSR count). The zero-order valence-corrected chi connectivity index (χ0v) is 15.8. The summed E-state index contributed by atoms with van der Waals surface area (Å²) in [5.74, 6) is 0.130. The number of hydrogen-bond acceptors (Lipinski definition) is 3. The predicted octanol–water partition coefficient (Wildman–Crippen LogP) is 5.06. The smallest absolute Gasteiger partial charge is 0.293 e. The van der Waals surface area contributed by atoms with E-state index < -0.39 is 5.91 Å². The van der Waals surface area contributed by atoms with Gasteiger partial charge in [-0.05, 0) is 48.1 Å². The van der Waals surface area contributed by atoms with Crippen LogP contribution in [0.1, 0.15) is 16.1 Å². The maximum absolute atomic E-state index is 12.3. The first-order chi connectivity index (χ1) is 12.5. The highest BCUT2D eigenvalue weighted by Gasteiger charge is 2.15. The molecule has 0 bridgehead atoms. The van der Waals surface area contributed by atoms with Crippen LogP contribution in [0.5, 0.6) is 0 Å².